The third-order valence-corrected chi connectivity index (χ3v) is 3.95. The number of carbonyl (C=O) groups excluding carboxylic acids is 2. The van der Waals surface area contributed by atoms with E-state index in [4.69, 9.17) is 14.2 Å². The van der Waals surface area contributed by atoms with Gasteiger partial charge in [0.2, 0.25) is 5.91 Å². The first-order valence-electron chi connectivity index (χ1n) is 8.44. The average Bonchev–Trinajstić information content (AvgIpc) is 2.61. The standard InChI is InChI=1S/C18H26N2O5/c1-4-24-14-7-5-6-13(10-14)18(22)19-15-8-9-23-11-16(15)25-12-17(21)20(2)3/h5-7,10,15-16H,4,8-9,11-12H2,1-3H3,(H,19,22). The summed E-state index contributed by atoms with van der Waals surface area (Å²) in [6.45, 7) is 3.30. The van der Waals surface area contributed by atoms with Gasteiger partial charge in [-0.15, -0.1) is 0 Å². The number of nitrogens with one attached hydrogen (secondary N) is 1. The highest BCUT2D eigenvalue weighted by molar-refractivity contribution is 5.94. The lowest BCUT2D eigenvalue weighted by atomic mass is 10.1. The SMILES string of the molecule is CCOc1cccc(C(=O)NC2CCOCC2OCC(=O)N(C)C)c1. The Hall–Kier alpha value is -2.12. The minimum Gasteiger partial charge on any atom is -0.494 e. The molecule has 0 aliphatic carbocycles. The maximum absolute atomic E-state index is 12.5. The predicted molar refractivity (Wildman–Crippen MR) is 92.7 cm³/mol. The molecule has 0 aromatic heterocycles. The predicted octanol–water partition coefficient (Wildman–Crippen LogP) is 1.08. The van der Waals surface area contributed by atoms with Gasteiger partial charge in [-0.05, 0) is 31.5 Å². The van der Waals surface area contributed by atoms with Gasteiger partial charge in [0.15, 0.2) is 0 Å². The van der Waals surface area contributed by atoms with Gasteiger partial charge in [0, 0.05) is 26.3 Å². The number of hydrogen-bond donors (Lipinski definition) is 1. The topological polar surface area (TPSA) is 77.1 Å². The minimum absolute atomic E-state index is 0.0345. The van der Waals surface area contributed by atoms with Crippen LogP contribution in [-0.4, -0.2) is 69.4 Å². The van der Waals surface area contributed by atoms with Crippen LogP contribution < -0.4 is 10.1 Å². The van der Waals surface area contributed by atoms with Gasteiger partial charge < -0.3 is 24.4 Å². The minimum atomic E-state index is -0.350. The molecule has 138 valence electrons. The van der Waals surface area contributed by atoms with Crippen LogP contribution in [0, 0.1) is 0 Å². The summed E-state index contributed by atoms with van der Waals surface area (Å²) in [5, 5.41) is 2.98. The van der Waals surface area contributed by atoms with E-state index in [1.807, 2.05) is 13.0 Å². The zero-order valence-electron chi connectivity index (χ0n) is 15.0. The molecule has 1 N–H and O–H groups in total. The van der Waals surface area contributed by atoms with Gasteiger partial charge in [-0.25, -0.2) is 0 Å². The Balaban J connectivity index is 1.96. The Kier molecular flexibility index (Phi) is 7.21. The molecule has 1 aromatic carbocycles. The average molecular weight is 350 g/mol. The lowest BCUT2D eigenvalue weighted by molar-refractivity contribution is -0.140. The van der Waals surface area contributed by atoms with Gasteiger partial charge >= 0.3 is 0 Å². The summed E-state index contributed by atoms with van der Waals surface area (Å²) in [7, 11) is 3.35. The van der Waals surface area contributed by atoms with Crippen LogP contribution in [-0.2, 0) is 14.3 Å². The van der Waals surface area contributed by atoms with E-state index in [0.717, 1.165) is 0 Å². The normalized spacial score (nSPS) is 20.0. The van der Waals surface area contributed by atoms with Gasteiger partial charge in [-0.2, -0.15) is 0 Å². The van der Waals surface area contributed by atoms with Crippen molar-refractivity contribution in [3.63, 3.8) is 0 Å². The first-order valence-corrected chi connectivity index (χ1v) is 8.44. The molecule has 1 saturated heterocycles. The quantitative estimate of drug-likeness (QED) is 0.796. The number of hydrogen-bond acceptors (Lipinski definition) is 5. The van der Waals surface area contributed by atoms with E-state index in [2.05, 4.69) is 5.32 Å². The second-order valence-corrected chi connectivity index (χ2v) is 6.04. The molecule has 1 aliphatic heterocycles. The first-order chi connectivity index (χ1) is 12.0. The van der Waals surface area contributed by atoms with Crippen molar-refractivity contribution in [3.8, 4) is 5.75 Å². The summed E-state index contributed by atoms with van der Waals surface area (Å²) in [6, 6.07) is 6.85. The number of rotatable bonds is 7. The second-order valence-electron chi connectivity index (χ2n) is 6.04. The van der Waals surface area contributed by atoms with Crippen molar-refractivity contribution >= 4 is 11.8 Å². The highest BCUT2D eigenvalue weighted by atomic mass is 16.5. The van der Waals surface area contributed by atoms with Gasteiger partial charge in [-0.3, -0.25) is 9.59 Å². The molecule has 7 nitrogen and oxygen atoms in total. The Morgan fingerprint density at radius 1 is 1.36 bits per heavy atom. The summed E-state index contributed by atoms with van der Waals surface area (Å²) < 4.78 is 16.5. The summed E-state index contributed by atoms with van der Waals surface area (Å²) in [5.41, 5.74) is 0.528. The zero-order valence-corrected chi connectivity index (χ0v) is 15.0. The van der Waals surface area contributed by atoms with Crippen molar-refractivity contribution in [2.24, 2.45) is 0 Å². The molecule has 2 rings (SSSR count). The molecule has 2 unspecified atom stereocenters. The third kappa shape index (κ3) is 5.72. The molecule has 7 heteroatoms. The van der Waals surface area contributed by atoms with E-state index in [1.165, 1.54) is 4.90 Å². The van der Waals surface area contributed by atoms with Crippen molar-refractivity contribution in [2.45, 2.75) is 25.5 Å². The molecule has 2 amide bonds. The Morgan fingerprint density at radius 2 is 2.16 bits per heavy atom. The smallest absolute Gasteiger partial charge is 0.251 e. The van der Waals surface area contributed by atoms with E-state index >= 15 is 0 Å². The summed E-state index contributed by atoms with van der Waals surface area (Å²) in [6.07, 6.45) is 0.286. The number of benzene rings is 1. The van der Waals surface area contributed by atoms with E-state index in [0.29, 0.717) is 37.6 Å². The van der Waals surface area contributed by atoms with Crippen LogP contribution in [0.4, 0.5) is 0 Å². The monoisotopic (exact) mass is 350 g/mol. The fraction of sp³-hybridized carbons (Fsp3) is 0.556. The lowest BCUT2D eigenvalue weighted by Gasteiger charge is -2.32. The number of carbonyl (C=O) groups is 2. The number of likely N-dealkylation sites (N-methyl/N-ethyl adjacent to an activating group) is 1. The molecular weight excluding hydrogens is 324 g/mol. The zero-order chi connectivity index (χ0) is 18.2. The van der Waals surface area contributed by atoms with E-state index in [9.17, 15) is 9.59 Å². The van der Waals surface area contributed by atoms with Crippen LogP contribution in [0.5, 0.6) is 5.75 Å². The van der Waals surface area contributed by atoms with Gasteiger partial charge in [-0.1, -0.05) is 6.07 Å². The van der Waals surface area contributed by atoms with Gasteiger partial charge in [0.05, 0.1) is 19.3 Å². The Labute approximate surface area is 148 Å². The molecule has 0 bridgehead atoms. The van der Waals surface area contributed by atoms with E-state index in [-0.39, 0.29) is 30.6 Å². The van der Waals surface area contributed by atoms with Crippen LogP contribution in [0.25, 0.3) is 0 Å². The van der Waals surface area contributed by atoms with Crippen LogP contribution in [0.1, 0.15) is 23.7 Å². The fourth-order valence-corrected chi connectivity index (χ4v) is 2.49. The Bertz CT molecular complexity index is 591. The summed E-state index contributed by atoms with van der Waals surface area (Å²) in [5.74, 6) is 0.340. The molecule has 2 atom stereocenters. The van der Waals surface area contributed by atoms with Gasteiger partial charge in [0.1, 0.15) is 18.5 Å². The highest BCUT2D eigenvalue weighted by Gasteiger charge is 2.29. The Morgan fingerprint density at radius 3 is 2.88 bits per heavy atom. The highest BCUT2D eigenvalue weighted by Crippen LogP contribution is 2.16. The first kappa shape index (κ1) is 19.2. The largest absolute Gasteiger partial charge is 0.494 e. The van der Waals surface area contributed by atoms with Crippen molar-refractivity contribution in [3.05, 3.63) is 29.8 Å². The fourth-order valence-electron chi connectivity index (χ4n) is 2.49. The molecule has 1 heterocycles. The maximum atomic E-state index is 12.5. The molecule has 1 aromatic rings. The van der Waals surface area contributed by atoms with E-state index in [1.54, 1.807) is 32.3 Å². The van der Waals surface area contributed by atoms with Gasteiger partial charge in [0.25, 0.3) is 5.91 Å². The number of amides is 2. The molecule has 0 saturated carbocycles. The molecule has 25 heavy (non-hydrogen) atoms. The maximum Gasteiger partial charge on any atom is 0.251 e. The second kappa shape index (κ2) is 9.39. The third-order valence-electron chi connectivity index (χ3n) is 3.95. The molecule has 0 radical (unpaired) electrons. The van der Waals surface area contributed by atoms with Crippen LogP contribution in [0.15, 0.2) is 24.3 Å². The summed E-state index contributed by atoms with van der Waals surface area (Å²) in [4.78, 5) is 25.7. The molecule has 1 fully saturated rings. The van der Waals surface area contributed by atoms with Crippen LogP contribution in [0.3, 0.4) is 0 Å². The number of nitrogens with zero attached hydrogens (tertiary/aromatic N) is 1. The van der Waals surface area contributed by atoms with Crippen LogP contribution >= 0.6 is 0 Å². The molecular formula is C18H26N2O5. The number of ether oxygens (including phenoxy) is 3. The summed E-state index contributed by atoms with van der Waals surface area (Å²) >= 11 is 0. The molecule has 1 aliphatic rings. The lowest BCUT2D eigenvalue weighted by Crippen LogP contribution is -2.50. The van der Waals surface area contributed by atoms with Crippen molar-refractivity contribution < 1.29 is 23.8 Å². The van der Waals surface area contributed by atoms with Crippen molar-refractivity contribution in [1.29, 1.82) is 0 Å². The van der Waals surface area contributed by atoms with Crippen molar-refractivity contribution in [1.82, 2.24) is 10.2 Å². The van der Waals surface area contributed by atoms with E-state index < -0.39 is 0 Å². The van der Waals surface area contributed by atoms with Crippen molar-refractivity contribution in [2.75, 3.05) is 40.5 Å². The van der Waals surface area contributed by atoms with Crippen LogP contribution in [0.2, 0.25) is 0 Å². The molecule has 0 spiro atoms.